The van der Waals surface area contributed by atoms with E-state index in [1.54, 1.807) is 4.68 Å². The average molecular weight is 377 g/mol. The number of amides is 1. The van der Waals surface area contributed by atoms with E-state index in [-0.39, 0.29) is 5.91 Å². The highest BCUT2D eigenvalue weighted by molar-refractivity contribution is 6.06. The third-order valence-corrected chi connectivity index (χ3v) is 5.30. The second-order valence-electron chi connectivity index (χ2n) is 7.76. The smallest absolute Gasteiger partial charge is 0.252 e. The van der Waals surface area contributed by atoms with Gasteiger partial charge >= 0.3 is 0 Å². The molecule has 2 heterocycles. The zero-order valence-corrected chi connectivity index (χ0v) is 16.8. The first-order chi connectivity index (χ1) is 13.5. The molecule has 6 heteroatoms. The number of carbonyl (C=O) groups excluding carboxylic acids is 1. The molecule has 1 N–H and O–H groups in total. The molecule has 0 aliphatic heterocycles. The molecule has 0 saturated heterocycles. The van der Waals surface area contributed by atoms with Gasteiger partial charge in [-0.15, -0.1) is 0 Å². The molecule has 0 spiro atoms. The SMILES string of the molecule is Cc1nn(C)c2nc(C3CC3)cc(C(=O)NCCN(C)Cc3ccccc3)c12. The molecule has 1 aliphatic carbocycles. The summed E-state index contributed by atoms with van der Waals surface area (Å²) < 4.78 is 1.78. The zero-order chi connectivity index (χ0) is 19.7. The van der Waals surface area contributed by atoms with Crippen LogP contribution in [0.4, 0.5) is 0 Å². The van der Waals surface area contributed by atoms with Gasteiger partial charge in [-0.3, -0.25) is 9.48 Å². The number of aromatic nitrogens is 3. The summed E-state index contributed by atoms with van der Waals surface area (Å²) in [6.45, 7) is 4.19. The van der Waals surface area contributed by atoms with Crippen molar-refractivity contribution in [3.05, 3.63) is 58.9 Å². The summed E-state index contributed by atoms with van der Waals surface area (Å²) in [6.07, 6.45) is 2.31. The van der Waals surface area contributed by atoms with Gasteiger partial charge in [0, 0.05) is 38.3 Å². The molecule has 146 valence electrons. The third kappa shape index (κ3) is 3.92. The number of carbonyl (C=O) groups is 1. The Morgan fingerprint density at radius 1 is 1.29 bits per heavy atom. The van der Waals surface area contributed by atoms with E-state index < -0.39 is 0 Å². The molecule has 1 aromatic carbocycles. The summed E-state index contributed by atoms with van der Waals surface area (Å²) in [5.74, 6) is 0.446. The predicted molar refractivity (Wildman–Crippen MR) is 110 cm³/mol. The van der Waals surface area contributed by atoms with Crippen LogP contribution in [0.25, 0.3) is 11.0 Å². The number of aryl methyl sites for hydroxylation is 2. The molecule has 28 heavy (non-hydrogen) atoms. The van der Waals surface area contributed by atoms with E-state index >= 15 is 0 Å². The molecule has 4 rings (SSSR count). The van der Waals surface area contributed by atoms with Crippen molar-refractivity contribution in [1.29, 1.82) is 0 Å². The summed E-state index contributed by atoms with van der Waals surface area (Å²) in [6, 6.07) is 12.3. The number of rotatable bonds is 7. The highest BCUT2D eigenvalue weighted by Gasteiger charge is 2.28. The fraction of sp³-hybridized carbons (Fsp3) is 0.409. The Kier molecular flexibility index (Phi) is 5.13. The molecule has 1 fully saturated rings. The first-order valence-electron chi connectivity index (χ1n) is 9.88. The molecule has 1 aliphatic rings. The van der Waals surface area contributed by atoms with Crippen molar-refractivity contribution >= 4 is 16.9 Å². The van der Waals surface area contributed by atoms with Gasteiger partial charge in [-0.1, -0.05) is 30.3 Å². The van der Waals surface area contributed by atoms with Crippen LogP contribution in [0.2, 0.25) is 0 Å². The minimum absolute atomic E-state index is 0.0430. The number of nitrogens with zero attached hydrogens (tertiary/aromatic N) is 4. The molecule has 1 saturated carbocycles. The molecule has 3 aromatic rings. The van der Waals surface area contributed by atoms with Gasteiger partial charge in [0.05, 0.1) is 16.6 Å². The molecular formula is C22H27N5O. The highest BCUT2D eigenvalue weighted by atomic mass is 16.1. The van der Waals surface area contributed by atoms with Gasteiger partial charge in [0.15, 0.2) is 5.65 Å². The number of benzene rings is 1. The lowest BCUT2D eigenvalue weighted by atomic mass is 10.1. The maximum absolute atomic E-state index is 13.0. The standard InChI is InChI=1S/C22H27N5O/c1-15-20-18(13-19(17-9-10-17)24-21(20)27(3)25-15)22(28)23-11-12-26(2)14-16-7-5-4-6-8-16/h4-8,13,17H,9-12,14H2,1-3H3,(H,23,28). The van der Waals surface area contributed by atoms with E-state index in [1.807, 2.05) is 38.2 Å². The number of hydrogen-bond donors (Lipinski definition) is 1. The Labute approximate surface area is 165 Å². The summed E-state index contributed by atoms with van der Waals surface area (Å²) in [5, 5.41) is 8.42. The van der Waals surface area contributed by atoms with Crippen molar-refractivity contribution in [1.82, 2.24) is 25.0 Å². The molecule has 0 radical (unpaired) electrons. The second-order valence-corrected chi connectivity index (χ2v) is 7.76. The van der Waals surface area contributed by atoms with Gasteiger partial charge in [-0.05, 0) is 38.4 Å². The van der Waals surface area contributed by atoms with E-state index in [4.69, 9.17) is 4.98 Å². The number of fused-ring (bicyclic) bond motifs is 1. The van der Waals surface area contributed by atoms with E-state index in [9.17, 15) is 4.79 Å². The topological polar surface area (TPSA) is 63.1 Å². The quantitative estimate of drug-likeness (QED) is 0.687. The van der Waals surface area contributed by atoms with Crippen molar-refractivity contribution in [2.45, 2.75) is 32.2 Å². The van der Waals surface area contributed by atoms with Crippen LogP contribution in [0.1, 0.15) is 46.1 Å². The molecule has 0 atom stereocenters. The van der Waals surface area contributed by atoms with Gasteiger partial charge in [-0.2, -0.15) is 5.10 Å². The van der Waals surface area contributed by atoms with Gasteiger partial charge in [0.2, 0.25) is 0 Å². The van der Waals surface area contributed by atoms with E-state index in [0.29, 0.717) is 18.0 Å². The second kappa shape index (κ2) is 7.72. The van der Waals surface area contributed by atoms with Crippen LogP contribution in [-0.2, 0) is 13.6 Å². The zero-order valence-electron chi connectivity index (χ0n) is 16.8. The summed E-state index contributed by atoms with van der Waals surface area (Å²) in [7, 11) is 3.96. The first-order valence-corrected chi connectivity index (χ1v) is 9.88. The number of hydrogen-bond acceptors (Lipinski definition) is 4. The summed E-state index contributed by atoms with van der Waals surface area (Å²) >= 11 is 0. The molecule has 0 unspecified atom stereocenters. The minimum Gasteiger partial charge on any atom is -0.351 e. The molecular weight excluding hydrogens is 350 g/mol. The fourth-order valence-corrected chi connectivity index (χ4v) is 3.66. The summed E-state index contributed by atoms with van der Waals surface area (Å²) in [5.41, 5.74) is 4.63. The van der Waals surface area contributed by atoms with Crippen LogP contribution in [0.15, 0.2) is 36.4 Å². The summed E-state index contributed by atoms with van der Waals surface area (Å²) in [4.78, 5) is 19.9. The normalized spacial score (nSPS) is 14.0. The Balaban J connectivity index is 1.45. The maximum Gasteiger partial charge on any atom is 0.252 e. The largest absolute Gasteiger partial charge is 0.351 e. The number of pyridine rings is 1. The lowest BCUT2D eigenvalue weighted by Gasteiger charge is -2.17. The van der Waals surface area contributed by atoms with Gasteiger partial charge in [-0.25, -0.2) is 4.98 Å². The Morgan fingerprint density at radius 2 is 2.04 bits per heavy atom. The molecule has 0 bridgehead atoms. The molecule has 2 aromatic heterocycles. The maximum atomic E-state index is 13.0. The van der Waals surface area contributed by atoms with Gasteiger partial charge in [0.25, 0.3) is 5.91 Å². The number of nitrogens with one attached hydrogen (secondary N) is 1. The third-order valence-electron chi connectivity index (χ3n) is 5.30. The fourth-order valence-electron chi connectivity index (χ4n) is 3.66. The predicted octanol–water partition coefficient (Wildman–Crippen LogP) is 3.02. The van der Waals surface area contributed by atoms with Crippen molar-refractivity contribution in [3.63, 3.8) is 0 Å². The van der Waals surface area contributed by atoms with Crippen molar-refractivity contribution in [3.8, 4) is 0 Å². The lowest BCUT2D eigenvalue weighted by molar-refractivity contribution is 0.0951. The highest BCUT2D eigenvalue weighted by Crippen LogP contribution is 2.40. The van der Waals surface area contributed by atoms with Crippen LogP contribution < -0.4 is 5.32 Å². The van der Waals surface area contributed by atoms with Crippen LogP contribution in [0.3, 0.4) is 0 Å². The number of likely N-dealkylation sites (N-methyl/N-ethyl adjacent to an activating group) is 1. The van der Waals surface area contributed by atoms with Crippen LogP contribution in [0.5, 0.6) is 0 Å². The van der Waals surface area contributed by atoms with Gasteiger partial charge in [0.1, 0.15) is 0 Å². The van der Waals surface area contributed by atoms with E-state index in [0.717, 1.165) is 48.4 Å². The van der Waals surface area contributed by atoms with Gasteiger partial charge < -0.3 is 10.2 Å². The molecule has 6 nitrogen and oxygen atoms in total. The lowest BCUT2D eigenvalue weighted by Crippen LogP contribution is -2.33. The van der Waals surface area contributed by atoms with Crippen LogP contribution >= 0.6 is 0 Å². The van der Waals surface area contributed by atoms with Crippen molar-refractivity contribution in [2.75, 3.05) is 20.1 Å². The van der Waals surface area contributed by atoms with Crippen LogP contribution in [0, 0.1) is 6.92 Å². The van der Waals surface area contributed by atoms with Crippen molar-refractivity contribution in [2.24, 2.45) is 7.05 Å². The Hall–Kier alpha value is -2.73. The first kappa shape index (κ1) is 18.6. The van der Waals surface area contributed by atoms with Crippen molar-refractivity contribution < 1.29 is 4.79 Å². The minimum atomic E-state index is -0.0430. The average Bonchev–Trinajstić information content (AvgIpc) is 3.48. The Bertz CT molecular complexity index is 991. The van der Waals surface area contributed by atoms with E-state index in [2.05, 4.69) is 34.5 Å². The monoisotopic (exact) mass is 377 g/mol. The molecule has 1 amide bonds. The van der Waals surface area contributed by atoms with E-state index in [1.165, 1.54) is 5.56 Å². The Morgan fingerprint density at radius 3 is 2.75 bits per heavy atom. The van der Waals surface area contributed by atoms with Crippen LogP contribution in [-0.4, -0.2) is 45.7 Å².